The minimum absolute atomic E-state index is 0.155. The third kappa shape index (κ3) is 3.03. The fraction of sp³-hybridized carbons (Fsp3) is 0.211. The molecule has 0 saturated carbocycles. The van der Waals surface area contributed by atoms with E-state index in [2.05, 4.69) is 15.4 Å². The molecule has 2 aromatic heterocycles. The smallest absolute Gasteiger partial charge is 0.317 e. The molecule has 0 spiro atoms. The number of rotatable bonds is 2. The lowest BCUT2D eigenvalue weighted by atomic mass is 10.1. The fourth-order valence-corrected chi connectivity index (χ4v) is 3.04. The summed E-state index contributed by atoms with van der Waals surface area (Å²) in [5, 5.41) is 7.29. The SMILES string of the molecule is Cc1cc(-c2cnn3c2CN(C(=O)Nc2ccccc2)CC3)ncc1F. The van der Waals surface area contributed by atoms with Gasteiger partial charge in [-0.2, -0.15) is 5.10 Å². The van der Waals surface area contributed by atoms with Gasteiger partial charge in [0.05, 0.1) is 36.9 Å². The predicted molar refractivity (Wildman–Crippen MR) is 96.0 cm³/mol. The van der Waals surface area contributed by atoms with E-state index in [1.54, 1.807) is 24.1 Å². The number of anilines is 1. The number of benzene rings is 1. The van der Waals surface area contributed by atoms with Crippen molar-refractivity contribution in [2.45, 2.75) is 20.0 Å². The van der Waals surface area contributed by atoms with Crippen LogP contribution in [0.25, 0.3) is 11.3 Å². The van der Waals surface area contributed by atoms with Crippen molar-refractivity contribution in [3.8, 4) is 11.3 Å². The second kappa shape index (κ2) is 6.59. The van der Waals surface area contributed by atoms with Crippen LogP contribution in [0.2, 0.25) is 0 Å². The number of fused-ring (bicyclic) bond motifs is 1. The molecule has 0 radical (unpaired) electrons. The molecule has 1 aliphatic heterocycles. The molecule has 0 aliphatic carbocycles. The van der Waals surface area contributed by atoms with Gasteiger partial charge in [0.2, 0.25) is 0 Å². The van der Waals surface area contributed by atoms with Crippen LogP contribution in [-0.4, -0.2) is 32.2 Å². The Morgan fingerprint density at radius 2 is 2.00 bits per heavy atom. The van der Waals surface area contributed by atoms with Gasteiger partial charge in [-0.15, -0.1) is 0 Å². The number of carbonyl (C=O) groups excluding carboxylic acids is 1. The van der Waals surface area contributed by atoms with E-state index >= 15 is 0 Å². The van der Waals surface area contributed by atoms with Gasteiger partial charge < -0.3 is 10.2 Å². The van der Waals surface area contributed by atoms with Gasteiger partial charge in [0.25, 0.3) is 0 Å². The standard InChI is InChI=1S/C19H18FN5O/c1-13-9-17(21-11-16(13)20)15-10-22-25-8-7-24(12-18(15)25)19(26)23-14-5-3-2-4-6-14/h2-6,9-11H,7-8,12H2,1H3,(H,23,26). The van der Waals surface area contributed by atoms with Gasteiger partial charge in [0.1, 0.15) is 5.82 Å². The molecule has 1 aromatic carbocycles. The van der Waals surface area contributed by atoms with Gasteiger partial charge in [-0.25, -0.2) is 9.18 Å². The summed E-state index contributed by atoms with van der Waals surface area (Å²) >= 11 is 0. The predicted octanol–water partition coefficient (Wildman–Crippen LogP) is 3.44. The quantitative estimate of drug-likeness (QED) is 0.769. The zero-order valence-electron chi connectivity index (χ0n) is 14.3. The van der Waals surface area contributed by atoms with E-state index in [0.29, 0.717) is 30.9 Å². The number of nitrogens with zero attached hydrogens (tertiary/aromatic N) is 4. The molecule has 0 saturated heterocycles. The molecule has 0 unspecified atom stereocenters. The number of urea groups is 1. The first-order valence-corrected chi connectivity index (χ1v) is 8.40. The molecule has 6 nitrogen and oxygen atoms in total. The molecule has 0 fully saturated rings. The van der Waals surface area contributed by atoms with Crippen LogP contribution in [-0.2, 0) is 13.1 Å². The van der Waals surface area contributed by atoms with Crippen molar-refractivity contribution in [3.63, 3.8) is 0 Å². The number of pyridine rings is 1. The molecule has 7 heteroatoms. The Labute approximate surface area is 150 Å². The Balaban J connectivity index is 1.57. The van der Waals surface area contributed by atoms with E-state index in [0.717, 1.165) is 16.9 Å². The van der Waals surface area contributed by atoms with Crippen LogP contribution in [0.4, 0.5) is 14.9 Å². The van der Waals surface area contributed by atoms with Crippen molar-refractivity contribution in [2.24, 2.45) is 0 Å². The summed E-state index contributed by atoms with van der Waals surface area (Å²) < 4.78 is 15.4. The first kappa shape index (κ1) is 16.3. The van der Waals surface area contributed by atoms with E-state index in [-0.39, 0.29) is 11.8 Å². The van der Waals surface area contributed by atoms with E-state index in [9.17, 15) is 9.18 Å². The average Bonchev–Trinajstić information content (AvgIpc) is 3.08. The maximum absolute atomic E-state index is 13.5. The Hall–Kier alpha value is -3.22. The Morgan fingerprint density at radius 3 is 2.77 bits per heavy atom. The minimum atomic E-state index is -0.335. The third-order valence-electron chi connectivity index (χ3n) is 4.51. The average molecular weight is 351 g/mol. The fourth-order valence-electron chi connectivity index (χ4n) is 3.04. The number of aryl methyl sites for hydroxylation is 1. The first-order chi connectivity index (χ1) is 12.6. The molecule has 2 amide bonds. The van der Waals surface area contributed by atoms with Gasteiger partial charge >= 0.3 is 6.03 Å². The topological polar surface area (TPSA) is 63.1 Å². The molecule has 3 aromatic rings. The zero-order chi connectivity index (χ0) is 18.1. The van der Waals surface area contributed by atoms with E-state index in [4.69, 9.17) is 0 Å². The Bertz CT molecular complexity index is 954. The molecule has 26 heavy (non-hydrogen) atoms. The van der Waals surface area contributed by atoms with E-state index in [1.807, 2.05) is 35.0 Å². The lowest BCUT2D eigenvalue weighted by Crippen LogP contribution is -2.41. The number of amides is 2. The highest BCUT2D eigenvalue weighted by atomic mass is 19.1. The van der Waals surface area contributed by atoms with Crippen LogP contribution < -0.4 is 5.32 Å². The molecule has 3 heterocycles. The molecule has 0 bridgehead atoms. The Kier molecular flexibility index (Phi) is 4.12. The summed E-state index contributed by atoms with van der Waals surface area (Å²) in [7, 11) is 0. The maximum Gasteiger partial charge on any atom is 0.322 e. The molecule has 4 rings (SSSR count). The van der Waals surface area contributed by atoms with Crippen molar-refractivity contribution in [2.75, 3.05) is 11.9 Å². The highest BCUT2D eigenvalue weighted by molar-refractivity contribution is 5.89. The van der Waals surface area contributed by atoms with E-state index in [1.165, 1.54) is 6.20 Å². The zero-order valence-corrected chi connectivity index (χ0v) is 14.3. The number of carbonyl (C=O) groups is 1. The summed E-state index contributed by atoms with van der Waals surface area (Å²) in [4.78, 5) is 18.5. The Morgan fingerprint density at radius 1 is 1.19 bits per heavy atom. The molecule has 0 atom stereocenters. The second-order valence-corrected chi connectivity index (χ2v) is 6.26. The second-order valence-electron chi connectivity index (χ2n) is 6.26. The third-order valence-corrected chi connectivity index (χ3v) is 4.51. The lowest BCUT2D eigenvalue weighted by molar-refractivity contribution is 0.194. The van der Waals surface area contributed by atoms with Crippen LogP contribution in [0.3, 0.4) is 0 Å². The lowest BCUT2D eigenvalue weighted by Gasteiger charge is -2.28. The largest absolute Gasteiger partial charge is 0.322 e. The van der Waals surface area contributed by atoms with Crippen LogP contribution in [0, 0.1) is 12.7 Å². The normalized spacial score (nSPS) is 13.4. The minimum Gasteiger partial charge on any atom is -0.317 e. The molecule has 1 aliphatic rings. The van der Waals surface area contributed by atoms with Crippen molar-refractivity contribution in [1.82, 2.24) is 19.7 Å². The monoisotopic (exact) mass is 351 g/mol. The maximum atomic E-state index is 13.5. The number of nitrogens with one attached hydrogen (secondary N) is 1. The number of hydrogen-bond acceptors (Lipinski definition) is 3. The van der Waals surface area contributed by atoms with Crippen LogP contribution in [0.15, 0.2) is 48.8 Å². The van der Waals surface area contributed by atoms with Gasteiger partial charge in [-0.3, -0.25) is 9.67 Å². The van der Waals surface area contributed by atoms with E-state index < -0.39 is 0 Å². The van der Waals surface area contributed by atoms with Crippen molar-refractivity contribution >= 4 is 11.7 Å². The number of hydrogen-bond donors (Lipinski definition) is 1. The van der Waals surface area contributed by atoms with Gasteiger partial charge in [0.15, 0.2) is 0 Å². The van der Waals surface area contributed by atoms with Crippen LogP contribution in [0.1, 0.15) is 11.3 Å². The van der Waals surface area contributed by atoms with Crippen LogP contribution >= 0.6 is 0 Å². The van der Waals surface area contributed by atoms with Crippen molar-refractivity contribution in [1.29, 1.82) is 0 Å². The number of para-hydroxylation sites is 1. The summed E-state index contributed by atoms with van der Waals surface area (Å²) in [5.41, 5.74) is 3.68. The van der Waals surface area contributed by atoms with Gasteiger partial charge in [-0.05, 0) is 30.7 Å². The highest BCUT2D eigenvalue weighted by Gasteiger charge is 2.25. The van der Waals surface area contributed by atoms with Gasteiger partial charge in [-0.1, -0.05) is 18.2 Å². The summed E-state index contributed by atoms with van der Waals surface area (Å²) in [6, 6.07) is 10.9. The summed E-state index contributed by atoms with van der Waals surface area (Å²) in [6.07, 6.45) is 2.95. The summed E-state index contributed by atoms with van der Waals surface area (Å²) in [5.74, 6) is -0.335. The number of aromatic nitrogens is 3. The molecular formula is C19H18FN5O. The summed E-state index contributed by atoms with van der Waals surface area (Å²) in [6.45, 7) is 3.31. The van der Waals surface area contributed by atoms with Crippen molar-refractivity contribution in [3.05, 3.63) is 65.9 Å². The first-order valence-electron chi connectivity index (χ1n) is 8.40. The van der Waals surface area contributed by atoms with Crippen LogP contribution in [0.5, 0.6) is 0 Å². The highest BCUT2D eigenvalue weighted by Crippen LogP contribution is 2.26. The molecule has 132 valence electrons. The van der Waals surface area contributed by atoms with Crippen molar-refractivity contribution < 1.29 is 9.18 Å². The molecular weight excluding hydrogens is 333 g/mol. The molecule has 1 N–H and O–H groups in total. The number of halogens is 1. The van der Waals surface area contributed by atoms with Gasteiger partial charge in [0, 0.05) is 17.8 Å².